The third-order valence-electron chi connectivity index (χ3n) is 2.87. The Kier molecular flexibility index (Phi) is 3.70. The van der Waals surface area contributed by atoms with Gasteiger partial charge in [-0.15, -0.1) is 0 Å². The number of imidazole rings is 1. The second-order valence-corrected chi connectivity index (χ2v) is 6.04. The van der Waals surface area contributed by atoms with E-state index in [0.29, 0.717) is 0 Å². The van der Waals surface area contributed by atoms with Crippen LogP contribution in [0.2, 0.25) is 0 Å². The van der Waals surface area contributed by atoms with E-state index in [1.54, 1.807) is 29.0 Å². The van der Waals surface area contributed by atoms with Crippen LogP contribution in [0.1, 0.15) is 0 Å². The van der Waals surface area contributed by atoms with Crippen molar-refractivity contribution in [3.05, 3.63) is 60.7 Å². The number of halogens is 1. The normalized spacial score (nSPS) is 11.3. The van der Waals surface area contributed by atoms with Gasteiger partial charge in [-0.1, -0.05) is 24.3 Å². The number of ether oxygens (including phenoxy) is 1. The first-order chi connectivity index (χ1) is 11.0. The molecule has 23 heavy (non-hydrogen) atoms. The van der Waals surface area contributed by atoms with Gasteiger partial charge in [0.2, 0.25) is 5.03 Å². The van der Waals surface area contributed by atoms with Gasteiger partial charge in [-0.25, -0.2) is 9.52 Å². The van der Waals surface area contributed by atoms with Crippen LogP contribution in [0.15, 0.2) is 59.8 Å². The number of rotatable bonds is 3. The first-order valence-electron chi connectivity index (χ1n) is 6.39. The lowest BCUT2D eigenvalue weighted by molar-refractivity contribution is 0.206. The van der Waals surface area contributed by atoms with Crippen LogP contribution in [-0.2, 0) is 10.0 Å². The number of hydrogen-bond acceptors (Lipinski definition) is 5. The molecule has 3 rings (SSSR count). The van der Waals surface area contributed by atoms with E-state index in [2.05, 4.69) is 4.98 Å². The van der Waals surface area contributed by atoms with Crippen molar-refractivity contribution in [2.24, 2.45) is 0 Å². The molecular weight excluding hydrogens is 325 g/mol. The SMILES string of the molecule is O=C(NS(=O)(=O)c1c(F)nc2ccccn12)Oc1ccccc1. The summed E-state index contributed by atoms with van der Waals surface area (Å²) in [5, 5.41) is -0.766. The molecule has 0 saturated carbocycles. The number of hydrogen-bond donors (Lipinski definition) is 1. The zero-order valence-corrected chi connectivity index (χ0v) is 12.3. The van der Waals surface area contributed by atoms with Crippen LogP contribution in [0.5, 0.6) is 5.75 Å². The highest BCUT2D eigenvalue weighted by molar-refractivity contribution is 7.90. The highest BCUT2D eigenvalue weighted by Gasteiger charge is 2.28. The highest BCUT2D eigenvalue weighted by atomic mass is 32.2. The van der Waals surface area contributed by atoms with Gasteiger partial charge < -0.3 is 4.74 Å². The summed E-state index contributed by atoms with van der Waals surface area (Å²) in [6, 6.07) is 12.4. The summed E-state index contributed by atoms with van der Waals surface area (Å²) in [5.74, 6) is -1.06. The molecule has 1 aromatic carbocycles. The molecule has 0 aliphatic carbocycles. The van der Waals surface area contributed by atoms with Gasteiger partial charge in [-0.3, -0.25) is 4.40 Å². The van der Waals surface area contributed by atoms with E-state index in [9.17, 15) is 17.6 Å². The number of carbonyl (C=O) groups is 1. The van der Waals surface area contributed by atoms with Crippen LogP contribution in [0.3, 0.4) is 0 Å². The van der Waals surface area contributed by atoms with E-state index < -0.39 is 27.1 Å². The van der Waals surface area contributed by atoms with E-state index in [0.717, 1.165) is 4.40 Å². The van der Waals surface area contributed by atoms with Gasteiger partial charge in [0.15, 0.2) is 0 Å². The Balaban J connectivity index is 1.89. The van der Waals surface area contributed by atoms with Gasteiger partial charge in [0.25, 0.3) is 16.0 Å². The van der Waals surface area contributed by atoms with Crippen LogP contribution in [-0.4, -0.2) is 23.9 Å². The van der Waals surface area contributed by atoms with Crippen LogP contribution >= 0.6 is 0 Å². The smallest absolute Gasteiger partial charge is 0.410 e. The van der Waals surface area contributed by atoms with Crippen LogP contribution in [0, 0.1) is 5.95 Å². The van der Waals surface area contributed by atoms with Crippen LogP contribution in [0.4, 0.5) is 9.18 Å². The van der Waals surface area contributed by atoms with Gasteiger partial charge in [0.05, 0.1) is 0 Å². The van der Waals surface area contributed by atoms with E-state index in [-0.39, 0.29) is 11.4 Å². The van der Waals surface area contributed by atoms with Crippen molar-refractivity contribution in [3.63, 3.8) is 0 Å². The number of sulfonamides is 1. The maximum absolute atomic E-state index is 13.9. The highest BCUT2D eigenvalue weighted by Crippen LogP contribution is 2.17. The van der Waals surface area contributed by atoms with Gasteiger partial charge >= 0.3 is 6.09 Å². The molecule has 9 heteroatoms. The number of aromatic nitrogens is 2. The number of fused-ring (bicyclic) bond motifs is 1. The molecule has 0 atom stereocenters. The third-order valence-corrected chi connectivity index (χ3v) is 4.18. The minimum Gasteiger partial charge on any atom is -0.410 e. The molecule has 118 valence electrons. The number of nitrogens with one attached hydrogen (secondary N) is 1. The lowest BCUT2D eigenvalue weighted by atomic mass is 10.3. The summed E-state index contributed by atoms with van der Waals surface area (Å²) in [7, 11) is -4.49. The van der Waals surface area contributed by atoms with Crippen molar-refractivity contribution in [2.75, 3.05) is 0 Å². The Morgan fingerprint density at radius 1 is 1.13 bits per heavy atom. The molecule has 0 unspecified atom stereocenters. The molecule has 0 fully saturated rings. The second kappa shape index (κ2) is 5.69. The van der Waals surface area contributed by atoms with E-state index >= 15 is 0 Å². The summed E-state index contributed by atoms with van der Waals surface area (Å²) >= 11 is 0. The molecular formula is C14H10FN3O4S. The largest absolute Gasteiger partial charge is 0.426 e. The number of nitrogens with zero attached hydrogens (tertiary/aromatic N) is 2. The average molecular weight is 335 g/mol. The van der Waals surface area contributed by atoms with E-state index in [1.165, 1.54) is 30.5 Å². The molecule has 1 amide bonds. The van der Waals surface area contributed by atoms with Crippen molar-refractivity contribution in [2.45, 2.75) is 5.03 Å². The van der Waals surface area contributed by atoms with Crippen molar-refractivity contribution >= 4 is 21.8 Å². The molecule has 0 aliphatic rings. The molecule has 0 saturated heterocycles. The van der Waals surface area contributed by atoms with Crippen molar-refractivity contribution in [1.29, 1.82) is 0 Å². The van der Waals surface area contributed by atoms with Crippen molar-refractivity contribution in [3.8, 4) is 5.75 Å². The fourth-order valence-electron chi connectivity index (χ4n) is 1.96. The number of para-hydroxylation sites is 1. The number of benzene rings is 1. The van der Waals surface area contributed by atoms with Crippen LogP contribution < -0.4 is 9.46 Å². The van der Waals surface area contributed by atoms with E-state index in [4.69, 9.17) is 4.74 Å². The Morgan fingerprint density at radius 2 is 1.83 bits per heavy atom. The molecule has 7 nitrogen and oxygen atoms in total. The van der Waals surface area contributed by atoms with Crippen molar-refractivity contribution < 1.29 is 22.3 Å². The Labute approximate surface area is 130 Å². The summed E-state index contributed by atoms with van der Waals surface area (Å²) < 4.78 is 45.8. The summed E-state index contributed by atoms with van der Waals surface area (Å²) in [4.78, 5) is 15.2. The number of amides is 1. The van der Waals surface area contributed by atoms with E-state index in [1.807, 2.05) is 0 Å². The molecule has 0 bridgehead atoms. The zero-order chi connectivity index (χ0) is 16.4. The maximum Gasteiger partial charge on any atom is 0.426 e. The summed E-state index contributed by atoms with van der Waals surface area (Å²) in [6.45, 7) is 0. The monoisotopic (exact) mass is 335 g/mol. The predicted octanol–water partition coefficient (Wildman–Crippen LogP) is 1.95. The Bertz CT molecular complexity index is 970. The molecule has 2 heterocycles. The number of carbonyl (C=O) groups excluding carboxylic acids is 1. The fraction of sp³-hybridized carbons (Fsp3) is 0. The second-order valence-electron chi connectivity index (χ2n) is 4.44. The lowest BCUT2D eigenvalue weighted by Gasteiger charge is -2.07. The fourth-order valence-corrected chi connectivity index (χ4v) is 3.00. The minimum atomic E-state index is -4.49. The van der Waals surface area contributed by atoms with Crippen molar-refractivity contribution in [1.82, 2.24) is 14.1 Å². The summed E-state index contributed by atoms with van der Waals surface area (Å²) in [6.07, 6.45) is 0.0733. The summed E-state index contributed by atoms with van der Waals surface area (Å²) in [5.41, 5.74) is 0.0989. The lowest BCUT2D eigenvalue weighted by Crippen LogP contribution is -2.34. The topological polar surface area (TPSA) is 89.8 Å². The zero-order valence-electron chi connectivity index (χ0n) is 11.5. The average Bonchev–Trinajstić information content (AvgIpc) is 2.84. The van der Waals surface area contributed by atoms with Gasteiger partial charge in [-0.05, 0) is 24.3 Å². The Morgan fingerprint density at radius 3 is 2.57 bits per heavy atom. The first-order valence-corrected chi connectivity index (χ1v) is 7.88. The van der Waals surface area contributed by atoms with Gasteiger partial charge in [-0.2, -0.15) is 17.8 Å². The third kappa shape index (κ3) is 2.99. The van der Waals surface area contributed by atoms with Gasteiger partial charge in [0.1, 0.15) is 11.4 Å². The molecule has 3 aromatic rings. The predicted molar refractivity (Wildman–Crippen MR) is 77.9 cm³/mol. The molecule has 2 aromatic heterocycles. The molecule has 1 N–H and O–H groups in total. The molecule has 0 aliphatic heterocycles. The van der Waals surface area contributed by atoms with Crippen LogP contribution in [0.25, 0.3) is 5.65 Å². The standard InChI is InChI=1S/C14H10FN3O4S/c15-12-13(18-9-5-4-8-11(18)16-12)23(20,21)17-14(19)22-10-6-2-1-3-7-10/h1-9H,(H,17,19). The molecule has 0 radical (unpaired) electrons. The quantitative estimate of drug-likeness (QED) is 0.790. The Hall–Kier alpha value is -2.94. The minimum absolute atomic E-state index is 0.0989. The number of pyridine rings is 1. The maximum atomic E-state index is 13.9. The van der Waals surface area contributed by atoms with Gasteiger partial charge in [0, 0.05) is 6.20 Å². The molecule has 0 spiro atoms. The first kappa shape index (κ1) is 15.0.